The van der Waals surface area contributed by atoms with Crippen molar-refractivity contribution in [3.05, 3.63) is 46.0 Å². The fourth-order valence-corrected chi connectivity index (χ4v) is 3.06. The van der Waals surface area contributed by atoms with Gasteiger partial charge in [0, 0.05) is 29.7 Å². The van der Waals surface area contributed by atoms with Gasteiger partial charge in [0.15, 0.2) is 5.82 Å². The second kappa shape index (κ2) is 6.68. The third kappa shape index (κ3) is 3.38. The van der Waals surface area contributed by atoms with Crippen LogP contribution in [0.25, 0.3) is 0 Å². The van der Waals surface area contributed by atoms with Crippen molar-refractivity contribution in [1.82, 2.24) is 20.5 Å². The zero-order valence-electron chi connectivity index (χ0n) is 13.1. The topological polar surface area (TPSA) is 79.9 Å². The summed E-state index contributed by atoms with van der Waals surface area (Å²) >= 11 is 6.08. The van der Waals surface area contributed by atoms with Crippen LogP contribution in [-0.4, -0.2) is 34.2 Å². The molecule has 2 N–H and O–H groups in total. The van der Waals surface area contributed by atoms with Crippen molar-refractivity contribution >= 4 is 17.5 Å². The predicted molar refractivity (Wildman–Crippen MR) is 86.4 cm³/mol. The quantitative estimate of drug-likeness (QED) is 0.900. The monoisotopic (exact) mass is 334 g/mol. The molecule has 7 heteroatoms. The molecule has 1 aromatic carbocycles. The van der Waals surface area contributed by atoms with Crippen LogP contribution in [0.1, 0.15) is 39.8 Å². The molecular weight excluding hydrogens is 316 g/mol. The molecule has 2 atom stereocenters. The van der Waals surface area contributed by atoms with E-state index in [4.69, 9.17) is 16.3 Å². The van der Waals surface area contributed by atoms with E-state index in [9.17, 15) is 4.79 Å². The largest absolute Gasteiger partial charge is 0.370 e. The van der Waals surface area contributed by atoms with Gasteiger partial charge in [0.05, 0.1) is 0 Å². The summed E-state index contributed by atoms with van der Waals surface area (Å²) in [7, 11) is 0. The number of benzene rings is 1. The number of H-pyrrole nitrogens is 1. The van der Waals surface area contributed by atoms with Crippen molar-refractivity contribution in [1.29, 1.82) is 0 Å². The van der Waals surface area contributed by atoms with E-state index < -0.39 is 0 Å². The van der Waals surface area contributed by atoms with Gasteiger partial charge in [-0.15, -0.1) is 0 Å². The lowest BCUT2D eigenvalue weighted by atomic mass is 10.00. The number of rotatable bonds is 4. The van der Waals surface area contributed by atoms with Crippen LogP contribution >= 0.6 is 11.6 Å². The minimum Gasteiger partial charge on any atom is -0.370 e. The Morgan fingerprint density at radius 1 is 1.43 bits per heavy atom. The number of carbonyl (C=O) groups is 1. The van der Waals surface area contributed by atoms with Crippen LogP contribution in [0.3, 0.4) is 0 Å². The molecule has 0 bridgehead atoms. The zero-order chi connectivity index (χ0) is 16.4. The van der Waals surface area contributed by atoms with Crippen molar-refractivity contribution in [3.63, 3.8) is 0 Å². The van der Waals surface area contributed by atoms with E-state index in [1.807, 2.05) is 26.0 Å². The lowest BCUT2D eigenvalue weighted by Crippen LogP contribution is -2.31. The lowest BCUT2D eigenvalue weighted by molar-refractivity contribution is 0.0798. The van der Waals surface area contributed by atoms with Crippen LogP contribution in [0.5, 0.6) is 0 Å². The van der Waals surface area contributed by atoms with Crippen LogP contribution < -0.4 is 5.32 Å². The third-order valence-electron chi connectivity index (χ3n) is 4.19. The maximum atomic E-state index is 12.4. The van der Waals surface area contributed by atoms with Gasteiger partial charge >= 0.3 is 0 Å². The van der Waals surface area contributed by atoms with Crippen LogP contribution in [0, 0.1) is 19.8 Å². The molecule has 3 rings (SSSR count). The minimum absolute atomic E-state index is 0.0921. The zero-order valence-corrected chi connectivity index (χ0v) is 13.9. The van der Waals surface area contributed by atoms with Crippen LogP contribution in [-0.2, 0) is 4.74 Å². The highest BCUT2D eigenvalue weighted by atomic mass is 35.5. The second-order valence-corrected chi connectivity index (χ2v) is 6.24. The molecule has 0 aliphatic carbocycles. The number of aromatic nitrogens is 3. The van der Waals surface area contributed by atoms with Crippen molar-refractivity contribution in [2.45, 2.75) is 26.4 Å². The van der Waals surface area contributed by atoms with Crippen molar-refractivity contribution in [2.24, 2.45) is 5.92 Å². The summed E-state index contributed by atoms with van der Waals surface area (Å²) < 4.78 is 5.70. The molecule has 1 aliphatic rings. The summed E-state index contributed by atoms with van der Waals surface area (Å²) in [5, 5.41) is 10.4. The van der Waals surface area contributed by atoms with Crippen LogP contribution in [0.4, 0.5) is 0 Å². The standard InChI is InChI=1S/C16H19ClN4O2/c1-9-6-13(17)10(2)5-12(9)16(22)18-7-11-3-4-23-14(11)15-19-8-20-21-15/h5-6,8,11,14H,3-4,7H2,1-2H3,(H,18,22)(H,19,20,21)/t11-,14-/m0/s1. The number of halogens is 1. The van der Waals surface area contributed by atoms with Gasteiger partial charge < -0.3 is 10.1 Å². The minimum atomic E-state index is -0.147. The Bertz CT molecular complexity index is 702. The molecule has 1 aromatic heterocycles. The first-order valence-electron chi connectivity index (χ1n) is 7.58. The molecule has 1 amide bonds. The van der Waals surface area contributed by atoms with Gasteiger partial charge in [-0.25, -0.2) is 4.98 Å². The summed E-state index contributed by atoms with van der Waals surface area (Å²) in [6, 6.07) is 3.65. The summed E-state index contributed by atoms with van der Waals surface area (Å²) in [6.45, 7) is 4.97. The molecule has 122 valence electrons. The fraction of sp³-hybridized carbons (Fsp3) is 0.438. The van der Waals surface area contributed by atoms with E-state index in [-0.39, 0.29) is 17.9 Å². The number of aromatic amines is 1. The summed E-state index contributed by atoms with van der Waals surface area (Å²) in [6.07, 6.45) is 2.20. The number of carbonyl (C=O) groups excluding carboxylic acids is 1. The van der Waals surface area contributed by atoms with Crippen LogP contribution in [0.15, 0.2) is 18.5 Å². The molecule has 1 saturated heterocycles. The third-order valence-corrected chi connectivity index (χ3v) is 4.60. The molecule has 23 heavy (non-hydrogen) atoms. The van der Waals surface area contributed by atoms with Gasteiger partial charge in [-0.3, -0.25) is 9.89 Å². The number of amides is 1. The molecule has 2 aromatic rings. The lowest BCUT2D eigenvalue weighted by Gasteiger charge is -2.17. The Labute approximate surface area is 139 Å². The molecule has 0 saturated carbocycles. The fourth-order valence-electron chi connectivity index (χ4n) is 2.84. The summed E-state index contributed by atoms with van der Waals surface area (Å²) in [5.41, 5.74) is 2.42. The maximum absolute atomic E-state index is 12.4. The number of nitrogens with zero attached hydrogens (tertiary/aromatic N) is 2. The summed E-state index contributed by atoms with van der Waals surface area (Å²) in [4.78, 5) is 16.6. The van der Waals surface area contributed by atoms with Gasteiger partial charge in [-0.2, -0.15) is 5.10 Å². The summed E-state index contributed by atoms with van der Waals surface area (Å²) in [5.74, 6) is 0.798. The normalized spacial score (nSPS) is 20.7. The number of nitrogens with one attached hydrogen (secondary N) is 2. The van der Waals surface area contributed by atoms with Gasteiger partial charge in [-0.1, -0.05) is 11.6 Å². The first-order valence-corrected chi connectivity index (χ1v) is 7.96. The Kier molecular flexibility index (Phi) is 4.63. The molecule has 6 nitrogen and oxygen atoms in total. The highest BCUT2D eigenvalue weighted by Gasteiger charge is 2.32. The van der Waals surface area contributed by atoms with E-state index in [1.165, 1.54) is 6.33 Å². The highest BCUT2D eigenvalue weighted by Crippen LogP contribution is 2.31. The van der Waals surface area contributed by atoms with Crippen molar-refractivity contribution < 1.29 is 9.53 Å². The highest BCUT2D eigenvalue weighted by molar-refractivity contribution is 6.31. The van der Waals surface area contributed by atoms with Crippen molar-refractivity contribution in [3.8, 4) is 0 Å². The van der Waals surface area contributed by atoms with Gasteiger partial charge in [0.2, 0.25) is 0 Å². The maximum Gasteiger partial charge on any atom is 0.251 e. The first kappa shape index (κ1) is 16.0. The van der Waals surface area contributed by atoms with E-state index in [0.29, 0.717) is 29.6 Å². The second-order valence-electron chi connectivity index (χ2n) is 5.84. The number of aryl methyl sites for hydroxylation is 2. The van der Waals surface area contributed by atoms with Gasteiger partial charge in [0.25, 0.3) is 5.91 Å². The van der Waals surface area contributed by atoms with Gasteiger partial charge in [-0.05, 0) is 43.5 Å². The molecule has 0 spiro atoms. The van der Waals surface area contributed by atoms with Crippen molar-refractivity contribution in [2.75, 3.05) is 13.2 Å². The smallest absolute Gasteiger partial charge is 0.251 e. The molecule has 0 radical (unpaired) electrons. The first-order chi connectivity index (χ1) is 11.1. The Morgan fingerprint density at radius 2 is 2.26 bits per heavy atom. The Balaban J connectivity index is 1.66. The SMILES string of the molecule is Cc1cc(C(=O)NC[C@@H]2CCO[C@@H]2c2ncn[nH]2)c(C)cc1Cl. The molecule has 1 fully saturated rings. The van der Waals surface area contributed by atoms with E-state index in [0.717, 1.165) is 17.5 Å². The predicted octanol–water partition coefficient (Wildman–Crippen LogP) is 2.58. The van der Waals surface area contributed by atoms with E-state index in [2.05, 4.69) is 20.5 Å². The average Bonchev–Trinajstić information content (AvgIpc) is 3.18. The van der Waals surface area contributed by atoms with E-state index >= 15 is 0 Å². The Hall–Kier alpha value is -1.92. The van der Waals surface area contributed by atoms with Gasteiger partial charge in [0.1, 0.15) is 12.4 Å². The molecular formula is C16H19ClN4O2. The Morgan fingerprint density at radius 3 is 3.00 bits per heavy atom. The number of ether oxygens (including phenoxy) is 1. The average molecular weight is 335 g/mol. The van der Waals surface area contributed by atoms with E-state index in [1.54, 1.807) is 0 Å². The number of hydrogen-bond acceptors (Lipinski definition) is 4. The molecule has 2 heterocycles. The van der Waals surface area contributed by atoms with Crippen LogP contribution in [0.2, 0.25) is 5.02 Å². The molecule has 0 unspecified atom stereocenters. The number of hydrogen-bond donors (Lipinski definition) is 2. The molecule has 1 aliphatic heterocycles.